The van der Waals surface area contributed by atoms with E-state index in [9.17, 15) is 12.8 Å². The molecule has 0 atom stereocenters. The molecule has 0 aliphatic heterocycles. The highest BCUT2D eigenvalue weighted by Gasteiger charge is 2.20. The van der Waals surface area contributed by atoms with Gasteiger partial charge in [-0.2, -0.15) is 0 Å². The second-order valence-corrected chi connectivity index (χ2v) is 6.23. The van der Waals surface area contributed by atoms with Crippen molar-refractivity contribution in [3.8, 4) is 0 Å². The topological polar surface area (TPSA) is 72.2 Å². The Bertz CT molecular complexity index is 728. The summed E-state index contributed by atoms with van der Waals surface area (Å²) in [5, 5.41) is 0. The Balaban J connectivity index is 2.36. The average molecular weight is 308 g/mol. The van der Waals surface area contributed by atoms with Gasteiger partial charge in [0.25, 0.3) is 10.0 Å². The number of halogens is 1. The SMILES string of the molecule is CCc1ccc(NS(=O)(=O)c2cccc(F)c2CN)cc1. The second-order valence-electron chi connectivity index (χ2n) is 4.58. The maximum Gasteiger partial charge on any atom is 0.262 e. The van der Waals surface area contributed by atoms with Crippen molar-refractivity contribution in [1.82, 2.24) is 0 Å². The summed E-state index contributed by atoms with van der Waals surface area (Å²) in [5.74, 6) is -0.623. The minimum Gasteiger partial charge on any atom is -0.326 e. The molecule has 0 unspecified atom stereocenters. The van der Waals surface area contributed by atoms with Crippen LogP contribution in [0.5, 0.6) is 0 Å². The predicted octanol–water partition coefficient (Wildman–Crippen LogP) is 2.65. The van der Waals surface area contributed by atoms with Gasteiger partial charge in [-0.25, -0.2) is 12.8 Å². The van der Waals surface area contributed by atoms with Crippen molar-refractivity contribution in [3.63, 3.8) is 0 Å². The maximum atomic E-state index is 13.6. The first-order chi connectivity index (χ1) is 9.97. The van der Waals surface area contributed by atoms with E-state index in [4.69, 9.17) is 5.73 Å². The Kier molecular flexibility index (Phi) is 4.59. The van der Waals surface area contributed by atoms with Gasteiger partial charge in [0.1, 0.15) is 5.82 Å². The van der Waals surface area contributed by atoms with Gasteiger partial charge in [0.15, 0.2) is 0 Å². The lowest BCUT2D eigenvalue weighted by Gasteiger charge is -2.12. The van der Waals surface area contributed by atoms with Crippen molar-refractivity contribution in [2.24, 2.45) is 5.73 Å². The van der Waals surface area contributed by atoms with Gasteiger partial charge in [-0.1, -0.05) is 25.1 Å². The number of hydrogen-bond acceptors (Lipinski definition) is 3. The lowest BCUT2D eigenvalue weighted by Crippen LogP contribution is -2.17. The van der Waals surface area contributed by atoms with Gasteiger partial charge in [0.05, 0.1) is 4.90 Å². The summed E-state index contributed by atoms with van der Waals surface area (Å²) in [6.45, 7) is 1.83. The van der Waals surface area contributed by atoms with E-state index in [2.05, 4.69) is 4.72 Å². The minimum atomic E-state index is -3.87. The minimum absolute atomic E-state index is 0.0184. The van der Waals surface area contributed by atoms with Gasteiger partial charge in [0, 0.05) is 17.8 Å². The van der Waals surface area contributed by atoms with E-state index in [0.717, 1.165) is 12.0 Å². The fourth-order valence-corrected chi connectivity index (χ4v) is 3.33. The first kappa shape index (κ1) is 15.5. The largest absolute Gasteiger partial charge is 0.326 e. The number of nitrogens with one attached hydrogen (secondary N) is 1. The molecule has 0 fully saturated rings. The van der Waals surface area contributed by atoms with E-state index < -0.39 is 15.8 Å². The van der Waals surface area contributed by atoms with E-state index in [1.807, 2.05) is 19.1 Å². The molecule has 4 nitrogen and oxygen atoms in total. The molecule has 6 heteroatoms. The lowest BCUT2D eigenvalue weighted by molar-refractivity contribution is 0.585. The standard InChI is InChI=1S/C15H17FN2O2S/c1-2-11-6-8-12(9-7-11)18-21(19,20)15-5-3-4-14(16)13(15)10-17/h3-9,18H,2,10,17H2,1H3. The lowest BCUT2D eigenvalue weighted by atomic mass is 10.2. The number of hydrogen-bond donors (Lipinski definition) is 2. The second kappa shape index (κ2) is 6.24. The molecular formula is C15H17FN2O2S. The number of nitrogens with two attached hydrogens (primary N) is 1. The van der Waals surface area contributed by atoms with Gasteiger partial charge >= 0.3 is 0 Å². The van der Waals surface area contributed by atoms with Gasteiger partial charge in [-0.05, 0) is 36.2 Å². The van der Waals surface area contributed by atoms with Crippen LogP contribution in [-0.4, -0.2) is 8.42 Å². The maximum absolute atomic E-state index is 13.6. The van der Waals surface area contributed by atoms with Crippen LogP contribution in [0.1, 0.15) is 18.1 Å². The molecule has 0 radical (unpaired) electrons. The number of rotatable bonds is 5. The van der Waals surface area contributed by atoms with Gasteiger partial charge < -0.3 is 5.73 Å². The third-order valence-corrected chi connectivity index (χ3v) is 4.65. The number of anilines is 1. The van der Waals surface area contributed by atoms with Crippen LogP contribution >= 0.6 is 0 Å². The highest BCUT2D eigenvalue weighted by Crippen LogP contribution is 2.22. The Morgan fingerprint density at radius 1 is 1.14 bits per heavy atom. The van der Waals surface area contributed by atoms with E-state index in [1.165, 1.54) is 18.2 Å². The smallest absolute Gasteiger partial charge is 0.262 e. The molecule has 2 aromatic rings. The van der Waals surface area contributed by atoms with Crippen LogP contribution < -0.4 is 10.5 Å². The van der Waals surface area contributed by atoms with Crippen molar-refractivity contribution in [2.45, 2.75) is 24.8 Å². The van der Waals surface area contributed by atoms with E-state index in [0.29, 0.717) is 5.69 Å². The normalized spacial score (nSPS) is 11.4. The Hall–Kier alpha value is -1.92. The zero-order valence-corrected chi connectivity index (χ0v) is 12.5. The van der Waals surface area contributed by atoms with E-state index in [1.54, 1.807) is 12.1 Å². The van der Waals surface area contributed by atoms with Gasteiger partial charge in [-0.3, -0.25) is 4.72 Å². The quantitative estimate of drug-likeness (QED) is 0.892. The molecule has 0 heterocycles. The van der Waals surface area contributed by atoms with Crippen molar-refractivity contribution in [1.29, 1.82) is 0 Å². The first-order valence-electron chi connectivity index (χ1n) is 6.57. The predicted molar refractivity (Wildman–Crippen MR) is 80.9 cm³/mol. The molecule has 21 heavy (non-hydrogen) atoms. The van der Waals surface area contributed by atoms with E-state index in [-0.39, 0.29) is 17.0 Å². The fraction of sp³-hybridized carbons (Fsp3) is 0.200. The molecule has 0 saturated heterocycles. The summed E-state index contributed by atoms with van der Waals surface area (Å²) in [6.07, 6.45) is 0.869. The molecule has 0 aromatic heterocycles. The fourth-order valence-electron chi connectivity index (χ4n) is 2.01. The molecule has 0 aliphatic carbocycles. The first-order valence-corrected chi connectivity index (χ1v) is 8.05. The van der Waals surface area contributed by atoms with Gasteiger partial charge in [0.2, 0.25) is 0 Å². The summed E-state index contributed by atoms with van der Waals surface area (Å²) in [6, 6.07) is 10.9. The summed E-state index contributed by atoms with van der Waals surface area (Å²) < 4.78 is 40.8. The average Bonchev–Trinajstić information content (AvgIpc) is 2.47. The van der Waals surface area contributed by atoms with Crippen molar-refractivity contribution < 1.29 is 12.8 Å². The zero-order chi connectivity index (χ0) is 15.5. The molecule has 0 spiro atoms. The molecule has 0 aliphatic rings. The molecule has 3 N–H and O–H groups in total. The Morgan fingerprint density at radius 2 is 1.81 bits per heavy atom. The summed E-state index contributed by atoms with van der Waals surface area (Å²) in [5.41, 5.74) is 6.96. The zero-order valence-electron chi connectivity index (χ0n) is 11.6. The van der Waals surface area contributed by atoms with Crippen LogP contribution in [0.4, 0.5) is 10.1 Å². The van der Waals surface area contributed by atoms with Crippen molar-refractivity contribution in [3.05, 3.63) is 59.4 Å². The summed E-state index contributed by atoms with van der Waals surface area (Å²) in [7, 11) is -3.87. The highest BCUT2D eigenvalue weighted by molar-refractivity contribution is 7.92. The molecular weight excluding hydrogens is 291 g/mol. The number of benzene rings is 2. The third-order valence-electron chi connectivity index (χ3n) is 3.18. The number of sulfonamides is 1. The van der Waals surface area contributed by atoms with Crippen LogP contribution in [0.25, 0.3) is 0 Å². The molecule has 0 amide bonds. The van der Waals surface area contributed by atoms with Crippen LogP contribution in [0.3, 0.4) is 0 Å². The van der Waals surface area contributed by atoms with Crippen LogP contribution in [-0.2, 0) is 23.0 Å². The molecule has 2 rings (SSSR count). The molecule has 0 saturated carbocycles. The third kappa shape index (κ3) is 3.40. The summed E-state index contributed by atoms with van der Waals surface area (Å²) in [4.78, 5) is -0.135. The van der Waals surface area contributed by atoms with Crippen LogP contribution in [0.2, 0.25) is 0 Å². The summed E-state index contributed by atoms with van der Waals surface area (Å²) >= 11 is 0. The van der Waals surface area contributed by atoms with Crippen molar-refractivity contribution >= 4 is 15.7 Å². The highest BCUT2D eigenvalue weighted by atomic mass is 32.2. The van der Waals surface area contributed by atoms with Crippen LogP contribution in [0.15, 0.2) is 47.4 Å². The van der Waals surface area contributed by atoms with Crippen LogP contribution in [0, 0.1) is 5.82 Å². The number of aryl methyl sites for hydroxylation is 1. The van der Waals surface area contributed by atoms with Crippen molar-refractivity contribution in [2.75, 3.05) is 4.72 Å². The Labute approximate surface area is 123 Å². The monoisotopic (exact) mass is 308 g/mol. The van der Waals surface area contributed by atoms with E-state index >= 15 is 0 Å². The van der Waals surface area contributed by atoms with Gasteiger partial charge in [-0.15, -0.1) is 0 Å². The molecule has 2 aromatic carbocycles. The molecule has 0 bridgehead atoms. The molecule has 112 valence electrons. The Morgan fingerprint density at radius 3 is 2.38 bits per heavy atom.